The summed E-state index contributed by atoms with van der Waals surface area (Å²) in [5.74, 6) is 0.582. The molecule has 0 radical (unpaired) electrons. The highest BCUT2D eigenvalue weighted by atomic mass is 16.5. The molecule has 0 spiro atoms. The van der Waals surface area contributed by atoms with Gasteiger partial charge in [0, 0.05) is 34.4 Å². The molecule has 0 rings (SSSR count). The van der Waals surface area contributed by atoms with Crippen molar-refractivity contribution in [3.05, 3.63) is 0 Å². The fourth-order valence-electron chi connectivity index (χ4n) is 0.737. The lowest BCUT2D eigenvalue weighted by atomic mass is 10.5. The van der Waals surface area contributed by atoms with E-state index in [0.717, 1.165) is 6.42 Å². The molecule has 0 aliphatic rings. The number of nitrogens with one attached hydrogen (secondary N) is 1. The summed E-state index contributed by atoms with van der Waals surface area (Å²) in [5.41, 5.74) is 0. The van der Waals surface area contributed by atoms with Crippen molar-refractivity contribution in [3.8, 4) is 6.19 Å². The Hall–Kier alpha value is -1.28. The van der Waals surface area contributed by atoms with Gasteiger partial charge in [-0.3, -0.25) is 10.3 Å². The van der Waals surface area contributed by atoms with E-state index >= 15 is 0 Å². The zero-order valence-corrected chi connectivity index (χ0v) is 8.37. The highest BCUT2D eigenvalue weighted by Gasteiger charge is 1.98. The van der Waals surface area contributed by atoms with Gasteiger partial charge in [-0.2, -0.15) is 5.26 Å². The molecule has 0 aromatic rings. The summed E-state index contributed by atoms with van der Waals surface area (Å²) < 4.78 is 4.88. The van der Waals surface area contributed by atoms with Crippen molar-refractivity contribution in [1.29, 1.82) is 5.26 Å². The second-order valence-electron chi connectivity index (χ2n) is 2.68. The van der Waals surface area contributed by atoms with E-state index in [9.17, 15) is 0 Å². The Morgan fingerprint density at radius 3 is 2.77 bits per heavy atom. The minimum atomic E-state index is 0.582. The van der Waals surface area contributed by atoms with Gasteiger partial charge >= 0.3 is 0 Å². The lowest BCUT2D eigenvalue weighted by Gasteiger charge is -2.12. The van der Waals surface area contributed by atoms with Crippen LogP contribution in [-0.2, 0) is 4.74 Å². The first-order valence-electron chi connectivity index (χ1n) is 4.08. The van der Waals surface area contributed by atoms with Gasteiger partial charge < -0.3 is 9.64 Å². The van der Waals surface area contributed by atoms with Crippen LogP contribution < -0.4 is 5.32 Å². The number of rotatable bonds is 4. The minimum Gasteiger partial charge on any atom is -0.385 e. The summed E-state index contributed by atoms with van der Waals surface area (Å²) in [6, 6.07) is 0. The number of guanidine groups is 1. The average molecular weight is 184 g/mol. The second kappa shape index (κ2) is 7.37. The number of ether oxygens (including phenoxy) is 1. The zero-order valence-electron chi connectivity index (χ0n) is 8.37. The first kappa shape index (κ1) is 11.7. The highest BCUT2D eigenvalue weighted by molar-refractivity contribution is 5.80. The van der Waals surface area contributed by atoms with E-state index in [1.54, 1.807) is 12.0 Å². The Balaban J connectivity index is 3.84. The molecule has 0 bridgehead atoms. The van der Waals surface area contributed by atoms with Crippen molar-refractivity contribution < 1.29 is 4.74 Å². The number of methoxy groups -OCH3 is 1. The largest absolute Gasteiger partial charge is 0.385 e. The van der Waals surface area contributed by atoms with Gasteiger partial charge in [-0.05, 0) is 6.42 Å². The van der Waals surface area contributed by atoms with Crippen LogP contribution in [0.5, 0.6) is 0 Å². The molecule has 0 fully saturated rings. The van der Waals surface area contributed by atoms with E-state index in [2.05, 4.69) is 10.3 Å². The van der Waals surface area contributed by atoms with Gasteiger partial charge in [0.1, 0.15) is 0 Å². The van der Waals surface area contributed by atoms with Gasteiger partial charge in [-0.1, -0.05) is 0 Å². The molecule has 0 aromatic heterocycles. The Labute approximate surface area is 79.0 Å². The third-order valence-electron chi connectivity index (χ3n) is 1.36. The smallest absolute Gasteiger partial charge is 0.206 e. The van der Waals surface area contributed by atoms with Gasteiger partial charge in [0.05, 0.1) is 0 Å². The summed E-state index contributed by atoms with van der Waals surface area (Å²) in [5, 5.41) is 10.9. The van der Waals surface area contributed by atoms with Crippen LogP contribution in [0.3, 0.4) is 0 Å². The van der Waals surface area contributed by atoms with Crippen LogP contribution in [-0.4, -0.2) is 45.2 Å². The van der Waals surface area contributed by atoms with Crippen LogP contribution in [0.15, 0.2) is 4.99 Å². The molecular weight excluding hydrogens is 168 g/mol. The third kappa shape index (κ3) is 5.93. The summed E-state index contributed by atoms with van der Waals surface area (Å²) in [6.45, 7) is 1.35. The fourth-order valence-corrected chi connectivity index (χ4v) is 0.737. The zero-order chi connectivity index (χ0) is 10.1. The van der Waals surface area contributed by atoms with E-state index in [-0.39, 0.29) is 0 Å². The van der Waals surface area contributed by atoms with Gasteiger partial charge in [-0.25, -0.2) is 0 Å². The lowest BCUT2D eigenvalue weighted by molar-refractivity contribution is 0.197. The number of hydrogen-bond donors (Lipinski definition) is 1. The molecule has 0 unspecified atom stereocenters. The van der Waals surface area contributed by atoms with E-state index in [1.807, 2.05) is 20.3 Å². The molecule has 0 saturated heterocycles. The summed E-state index contributed by atoms with van der Waals surface area (Å²) >= 11 is 0. The summed E-state index contributed by atoms with van der Waals surface area (Å²) in [7, 11) is 5.32. The van der Waals surface area contributed by atoms with E-state index in [1.165, 1.54) is 0 Å². The van der Waals surface area contributed by atoms with Crippen LogP contribution >= 0.6 is 0 Å². The first-order chi connectivity index (χ1) is 6.22. The van der Waals surface area contributed by atoms with Crippen molar-refractivity contribution in [2.75, 3.05) is 34.4 Å². The quantitative estimate of drug-likeness (QED) is 0.220. The maximum atomic E-state index is 8.39. The van der Waals surface area contributed by atoms with E-state index in [4.69, 9.17) is 10.00 Å². The SMILES string of the molecule is COCCCN=C(NC#N)N(C)C. The van der Waals surface area contributed by atoms with E-state index < -0.39 is 0 Å². The van der Waals surface area contributed by atoms with Gasteiger partial charge in [0.25, 0.3) is 0 Å². The predicted octanol–water partition coefficient (Wildman–Crippen LogP) is 0.0112. The predicted molar refractivity (Wildman–Crippen MR) is 51.2 cm³/mol. The van der Waals surface area contributed by atoms with Crippen LogP contribution in [0.1, 0.15) is 6.42 Å². The van der Waals surface area contributed by atoms with E-state index in [0.29, 0.717) is 19.1 Å². The summed E-state index contributed by atoms with van der Waals surface area (Å²) in [4.78, 5) is 5.94. The third-order valence-corrected chi connectivity index (χ3v) is 1.36. The normalized spacial score (nSPS) is 10.8. The number of nitriles is 1. The Morgan fingerprint density at radius 2 is 2.31 bits per heavy atom. The molecule has 1 N–H and O–H groups in total. The number of hydrogen-bond acceptors (Lipinski definition) is 3. The van der Waals surface area contributed by atoms with Gasteiger partial charge in [0.2, 0.25) is 5.96 Å². The number of nitrogens with zero attached hydrogens (tertiary/aromatic N) is 3. The molecule has 74 valence electrons. The molecule has 13 heavy (non-hydrogen) atoms. The molecule has 5 heteroatoms. The number of aliphatic imine (C=N–C) groups is 1. The minimum absolute atomic E-state index is 0.582. The van der Waals surface area contributed by atoms with Crippen LogP contribution in [0.4, 0.5) is 0 Å². The molecule has 0 aliphatic carbocycles. The highest BCUT2D eigenvalue weighted by Crippen LogP contribution is 1.85. The van der Waals surface area contributed by atoms with Crippen molar-refractivity contribution in [2.24, 2.45) is 4.99 Å². The van der Waals surface area contributed by atoms with Crippen LogP contribution in [0.25, 0.3) is 0 Å². The molecule has 5 nitrogen and oxygen atoms in total. The Morgan fingerprint density at radius 1 is 1.62 bits per heavy atom. The topological polar surface area (TPSA) is 60.6 Å². The van der Waals surface area contributed by atoms with Gasteiger partial charge in [0.15, 0.2) is 6.19 Å². The van der Waals surface area contributed by atoms with Crippen molar-refractivity contribution in [1.82, 2.24) is 10.2 Å². The molecule has 0 aromatic carbocycles. The molecule has 0 heterocycles. The molecular formula is C8H16N4O. The first-order valence-corrected chi connectivity index (χ1v) is 4.08. The molecule has 0 saturated carbocycles. The van der Waals surface area contributed by atoms with Crippen LogP contribution in [0, 0.1) is 11.5 Å². The molecule has 0 atom stereocenters. The maximum Gasteiger partial charge on any atom is 0.206 e. The Bertz CT molecular complexity index is 195. The fraction of sp³-hybridized carbons (Fsp3) is 0.750. The molecule has 0 aliphatic heterocycles. The molecule has 0 amide bonds. The van der Waals surface area contributed by atoms with Crippen molar-refractivity contribution in [2.45, 2.75) is 6.42 Å². The summed E-state index contributed by atoms with van der Waals surface area (Å²) in [6.07, 6.45) is 2.70. The van der Waals surface area contributed by atoms with Crippen LogP contribution in [0.2, 0.25) is 0 Å². The monoisotopic (exact) mass is 184 g/mol. The van der Waals surface area contributed by atoms with Crippen molar-refractivity contribution in [3.63, 3.8) is 0 Å². The maximum absolute atomic E-state index is 8.39. The van der Waals surface area contributed by atoms with Gasteiger partial charge in [-0.15, -0.1) is 0 Å². The second-order valence-corrected chi connectivity index (χ2v) is 2.68. The lowest BCUT2D eigenvalue weighted by Crippen LogP contribution is -2.33. The Kier molecular flexibility index (Phi) is 6.65. The average Bonchev–Trinajstić information content (AvgIpc) is 2.10. The van der Waals surface area contributed by atoms with Crippen molar-refractivity contribution >= 4 is 5.96 Å². The standard InChI is InChI=1S/C8H16N4O/c1-12(2)8(11-7-9)10-5-4-6-13-3/h4-6H2,1-3H3,(H,10,11).